The molecule has 1 unspecified atom stereocenters. The topological polar surface area (TPSA) is 120 Å². The number of ether oxygens (including phenoxy) is 4. The van der Waals surface area contributed by atoms with E-state index in [0.717, 1.165) is 19.4 Å². The first-order valence-corrected chi connectivity index (χ1v) is 13.3. The highest BCUT2D eigenvalue weighted by molar-refractivity contribution is 7.89. The van der Waals surface area contributed by atoms with Crippen LogP contribution in [0.4, 0.5) is 5.69 Å². The second kappa shape index (κ2) is 12.0. The van der Waals surface area contributed by atoms with E-state index in [-0.39, 0.29) is 40.4 Å². The Bertz CT molecular complexity index is 1180. The molecule has 2 aromatic carbocycles. The highest BCUT2D eigenvalue weighted by atomic mass is 35.5. The van der Waals surface area contributed by atoms with Crippen molar-refractivity contribution >= 4 is 39.2 Å². The van der Waals surface area contributed by atoms with E-state index in [4.69, 9.17) is 30.5 Å². The van der Waals surface area contributed by atoms with Crippen molar-refractivity contribution in [1.29, 1.82) is 0 Å². The average Bonchev–Trinajstić information content (AvgIpc) is 3.42. The van der Waals surface area contributed by atoms with E-state index in [1.165, 1.54) is 22.5 Å². The Morgan fingerprint density at radius 2 is 1.83 bits per heavy atom. The molecular formula is C24H27ClN2O8S. The van der Waals surface area contributed by atoms with Gasteiger partial charge in [0.1, 0.15) is 17.3 Å². The van der Waals surface area contributed by atoms with Gasteiger partial charge < -0.3 is 24.3 Å². The van der Waals surface area contributed by atoms with Gasteiger partial charge in [0, 0.05) is 25.4 Å². The van der Waals surface area contributed by atoms with Crippen LogP contribution in [0.1, 0.15) is 23.2 Å². The third kappa shape index (κ3) is 6.74. The zero-order valence-electron chi connectivity index (χ0n) is 19.5. The standard InChI is InChI=1S/C24H27ClN2O8S/c25-21-8-5-18(14-22(21)36(30,31)27-9-12-32-13-10-27)26-23(28)16-35-24(29)17-3-6-19(7-4-17)34-15-20-2-1-11-33-20/h3-8,14,20H,1-2,9-13,15-16H2,(H,26,28). The molecule has 2 heterocycles. The second-order valence-electron chi connectivity index (χ2n) is 8.26. The van der Waals surface area contributed by atoms with E-state index in [0.29, 0.717) is 25.6 Å². The predicted octanol–water partition coefficient (Wildman–Crippen LogP) is 2.71. The van der Waals surface area contributed by atoms with Crippen molar-refractivity contribution in [3.8, 4) is 5.75 Å². The molecule has 194 valence electrons. The molecule has 0 bridgehead atoms. The maximum absolute atomic E-state index is 12.9. The molecule has 0 radical (unpaired) electrons. The summed E-state index contributed by atoms with van der Waals surface area (Å²) in [6.45, 7) is 1.67. The van der Waals surface area contributed by atoms with E-state index in [1.807, 2.05) is 0 Å². The summed E-state index contributed by atoms with van der Waals surface area (Å²) in [5.41, 5.74) is 0.470. The number of esters is 1. The van der Waals surface area contributed by atoms with E-state index in [1.54, 1.807) is 24.3 Å². The Hall–Kier alpha value is -2.70. The number of benzene rings is 2. The van der Waals surface area contributed by atoms with Crippen LogP contribution in [0.2, 0.25) is 5.02 Å². The van der Waals surface area contributed by atoms with Crippen molar-refractivity contribution in [1.82, 2.24) is 4.31 Å². The summed E-state index contributed by atoms with van der Waals surface area (Å²) >= 11 is 6.14. The molecule has 2 aliphatic heterocycles. The largest absolute Gasteiger partial charge is 0.491 e. The lowest BCUT2D eigenvalue weighted by atomic mass is 10.2. The van der Waals surface area contributed by atoms with Gasteiger partial charge in [0.15, 0.2) is 6.61 Å². The number of morpholine rings is 1. The van der Waals surface area contributed by atoms with Gasteiger partial charge in [-0.15, -0.1) is 0 Å². The number of hydrogen-bond donors (Lipinski definition) is 1. The molecule has 2 aromatic rings. The van der Waals surface area contributed by atoms with Gasteiger partial charge in [-0.25, -0.2) is 13.2 Å². The van der Waals surface area contributed by atoms with Gasteiger partial charge in [-0.2, -0.15) is 4.31 Å². The van der Waals surface area contributed by atoms with E-state index >= 15 is 0 Å². The maximum atomic E-state index is 12.9. The van der Waals surface area contributed by atoms with Gasteiger partial charge in [0.25, 0.3) is 5.91 Å². The van der Waals surface area contributed by atoms with Crippen molar-refractivity contribution in [2.75, 3.05) is 51.4 Å². The number of halogens is 1. The second-order valence-corrected chi connectivity index (χ2v) is 10.6. The molecule has 2 saturated heterocycles. The highest BCUT2D eigenvalue weighted by Crippen LogP contribution is 2.28. The minimum Gasteiger partial charge on any atom is -0.491 e. The zero-order chi connectivity index (χ0) is 25.5. The van der Waals surface area contributed by atoms with Crippen LogP contribution < -0.4 is 10.1 Å². The monoisotopic (exact) mass is 538 g/mol. The van der Waals surface area contributed by atoms with Gasteiger partial charge in [0.2, 0.25) is 10.0 Å². The minimum atomic E-state index is -3.86. The van der Waals surface area contributed by atoms with Crippen molar-refractivity contribution < 1.29 is 37.0 Å². The van der Waals surface area contributed by atoms with Crippen LogP contribution in [0, 0.1) is 0 Å². The van der Waals surface area contributed by atoms with Gasteiger partial charge in [-0.3, -0.25) is 4.79 Å². The van der Waals surface area contributed by atoms with Crippen molar-refractivity contribution in [2.45, 2.75) is 23.8 Å². The first-order valence-electron chi connectivity index (χ1n) is 11.5. The first kappa shape index (κ1) is 26.4. The Morgan fingerprint density at radius 1 is 1.08 bits per heavy atom. The minimum absolute atomic E-state index is 0.0362. The van der Waals surface area contributed by atoms with Crippen LogP contribution in [0.3, 0.4) is 0 Å². The van der Waals surface area contributed by atoms with Crippen LogP contribution in [0.5, 0.6) is 5.75 Å². The van der Waals surface area contributed by atoms with Crippen LogP contribution >= 0.6 is 11.6 Å². The summed E-state index contributed by atoms with van der Waals surface area (Å²) in [7, 11) is -3.86. The summed E-state index contributed by atoms with van der Waals surface area (Å²) < 4.78 is 48.6. The number of sulfonamides is 1. The van der Waals surface area contributed by atoms with Crippen LogP contribution in [-0.2, 0) is 29.0 Å². The molecular weight excluding hydrogens is 512 g/mol. The zero-order valence-corrected chi connectivity index (χ0v) is 21.1. The van der Waals surface area contributed by atoms with Gasteiger partial charge >= 0.3 is 5.97 Å². The Balaban J connectivity index is 1.29. The van der Waals surface area contributed by atoms with Crippen LogP contribution in [0.25, 0.3) is 0 Å². The predicted molar refractivity (Wildman–Crippen MR) is 131 cm³/mol. The molecule has 2 aliphatic rings. The number of nitrogens with zero attached hydrogens (tertiary/aromatic N) is 1. The fourth-order valence-corrected chi connectivity index (χ4v) is 5.68. The third-order valence-corrected chi connectivity index (χ3v) is 8.07. The van der Waals surface area contributed by atoms with E-state index < -0.39 is 28.5 Å². The molecule has 0 saturated carbocycles. The number of amides is 1. The summed E-state index contributed by atoms with van der Waals surface area (Å²) in [6.07, 6.45) is 2.08. The smallest absolute Gasteiger partial charge is 0.338 e. The van der Waals surface area contributed by atoms with Gasteiger partial charge in [0.05, 0.1) is 29.9 Å². The molecule has 1 amide bonds. The molecule has 0 aromatic heterocycles. The lowest BCUT2D eigenvalue weighted by molar-refractivity contribution is -0.119. The lowest BCUT2D eigenvalue weighted by Crippen LogP contribution is -2.40. The summed E-state index contributed by atoms with van der Waals surface area (Å²) in [5, 5.41) is 2.57. The number of carbonyl (C=O) groups is 2. The fraction of sp³-hybridized carbons (Fsp3) is 0.417. The number of rotatable bonds is 9. The Kier molecular flexibility index (Phi) is 8.81. The van der Waals surface area contributed by atoms with Crippen molar-refractivity contribution in [3.63, 3.8) is 0 Å². The molecule has 1 N–H and O–H groups in total. The number of carbonyl (C=O) groups excluding carboxylic acids is 2. The van der Waals surface area contributed by atoms with Gasteiger partial charge in [-0.05, 0) is 55.3 Å². The molecule has 12 heteroatoms. The molecule has 0 spiro atoms. The third-order valence-electron chi connectivity index (χ3n) is 5.69. The summed E-state index contributed by atoms with van der Waals surface area (Å²) in [5.74, 6) is -0.704. The van der Waals surface area contributed by atoms with E-state index in [9.17, 15) is 18.0 Å². The molecule has 36 heavy (non-hydrogen) atoms. The number of anilines is 1. The average molecular weight is 539 g/mol. The molecule has 2 fully saturated rings. The molecule has 10 nitrogen and oxygen atoms in total. The van der Waals surface area contributed by atoms with Crippen molar-refractivity contribution in [3.05, 3.63) is 53.1 Å². The van der Waals surface area contributed by atoms with Crippen LogP contribution in [0.15, 0.2) is 47.4 Å². The molecule has 1 atom stereocenters. The molecule has 0 aliphatic carbocycles. The van der Waals surface area contributed by atoms with Crippen molar-refractivity contribution in [2.24, 2.45) is 0 Å². The number of hydrogen-bond acceptors (Lipinski definition) is 8. The lowest BCUT2D eigenvalue weighted by Gasteiger charge is -2.26. The Labute approximate surface area is 214 Å². The first-order chi connectivity index (χ1) is 17.3. The Morgan fingerprint density at radius 3 is 2.53 bits per heavy atom. The fourth-order valence-electron chi connectivity index (χ4n) is 3.77. The van der Waals surface area contributed by atoms with Gasteiger partial charge in [-0.1, -0.05) is 11.6 Å². The molecule has 4 rings (SSSR count). The summed E-state index contributed by atoms with van der Waals surface area (Å²) in [4.78, 5) is 24.5. The SMILES string of the molecule is O=C(COC(=O)c1ccc(OCC2CCCO2)cc1)Nc1ccc(Cl)c(S(=O)(=O)N2CCOCC2)c1. The summed E-state index contributed by atoms with van der Waals surface area (Å²) in [6, 6.07) is 10.5. The maximum Gasteiger partial charge on any atom is 0.338 e. The highest BCUT2D eigenvalue weighted by Gasteiger charge is 2.28. The normalized spacial score (nSPS) is 18.5. The quantitative estimate of drug-likeness (QED) is 0.484. The van der Waals surface area contributed by atoms with Crippen LogP contribution in [-0.4, -0.2) is 76.8 Å². The van der Waals surface area contributed by atoms with E-state index in [2.05, 4.69) is 5.32 Å². The number of nitrogens with one attached hydrogen (secondary N) is 1.